The summed E-state index contributed by atoms with van der Waals surface area (Å²) in [4.78, 5) is 27.7. The highest BCUT2D eigenvalue weighted by Gasteiger charge is 2.37. The van der Waals surface area contributed by atoms with Crippen molar-refractivity contribution in [3.05, 3.63) is 17.5 Å². The number of aryl methyl sites for hydroxylation is 2. The molecule has 2 aliphatic heterocycles. The second kappa shape index (κ2) is 6.29. The van der Waals surface area contributed by atoms with Crippen molar-refractivity contribution in [2.24, 2.45) is 13.0 Å². The van der Waals surface area contributed by atoms with Crippen LogP contribution < -0.4 is 0 Å². The van der Waals surface area contributed by atoms with Gasteiger partial charge in [0.2, 0.25) is 0 Å². The number of nitrogens with zero attached hydrogens (tertiary/aromatic N) is 4. The summed E-state index contributed by atoms with van der Waals surface area (Å²) in [5, 5.41) is 13.3. The molecule has 1 amide bonds. The van der Waals surface area contributed by atoms with Gasteiger partial charge in [-0.3, -0.25) is 19.2 Å². The van der Waals surface area contributed by atoms with E-state index in [2.05, 4.69) is 5.10 Å². The van der Waals surface area contributed by atoms with E-state index in [1.54, 1.807) is 17.9 Å². The lowest BCUT2D eigenvalue weighted by molar-refractivity contribution is -0.138. The summed E-state index contributed by atoms with van der Waals surface area (Å²) in [6, 6.07) is -0.131. The predicted molar refractivity (Wildman–Crippen MR) is 81.2 cm³/mol. The number of aliphatic carboxylic acids is 1. The Labute approximate surface area is 134 Å². The van der Waals surface area contributed by atoms with Crippen LogP contribution in [0.4, 0.5) is 0 Å². The number of ether oxygens (including phenoxy) is 1. The summed E-state index contributed by atoms with van der Waals surface area (Å²) in [6.45, 7) is 4.58. The van der Waals surface area contributed by atoms with Gasteiger partial charge in [0.15, 0.2) is 0 Å². The van der Waals surface area contributed by atoms with Gasteiger partial charge in [-0.25, -0.2) is 0 Å². The second-order valence-electron chi connectivity index (χ2n) is 6.40. The maximum Gasteiger partial charge on any atom is 0.317 e. The Balaban J connectivity index is 1.83. The van der Waals surface area contributed by atoms with Crippen molar-refractivity contribution in [3.8, 4) is 0 Å². The topological polar surface area (TPSA) is 87.9 Å². The normalized spacial score (nSPS) is 25.2. The fourth-order valence-electron chi connectivity index (χ4n) is 3.47. The molecule has 1 aromatic rings. The summed E-state index contributed by atoms with van der Waals surface area (Å²) in [6.07, 6.45) is 1.74. The number of hydrogen-bond acceptors (Lipinski definition) is 5. The number of carboxylic acid groups (broad SMARTS) is 1. The Hall–Kier alpha value is -1.93. The number of rotatable bonds is 3. The molecule has 8 heteroatoms. The summed E-state index contributed by atoms with van der Waals surface area (Å²) < 4.78 is 7.32. The van der Waals surface area contributed by atoms with Crippen molar-refractivity contribution in [1.82, 2.24) is 19.6 Å². The minimum atomic E-state index is -0.841. The molecule has 1 N–H and O–H groups in total. The average molecular weight is 322 g/mol. The molecule has 0 aliphatic carbocycles. The Morgan fingerprint density at radius 3 is 2.78 bits per heavy atom. The quantitative estimate of drug-likeness (QED) is 0.814. The summed E-state index contributed by atoms with van der Waals surface area (Å²) >= 11 is 0. The van der Waals surface area contributed by atoms with E-state index in [0.29, 0.717) is 44.1 Å². The zero-order chi connectivity index (χ0) is 16.6. The lowest BCUT2D eigenvalue weighted by atomic mass is 10.1. The zero-order valence-corrected chi connectivity index (χ0v) is 13.4. The molecule has 8 nitrogen and oxygen atoms in total. The largest absolute Gasteiger partial charge is 0.480 e. The molecule has 2 fully saturated rings. The van der Waals surface area contributed by atoms with E-state index in [0.717, 1.165) is 0 Å². The van der Waals surface area contributed by atoms with Crippen molar-refractivity contribution in [1.29, 1.82) is 0 Å². The van der Waals surface area contributed by atoms with Gasteiger partial charge in [-0.1, -0.05) is 0 Å². The van der Waals surface area contributed by atoms with Gasteiger partial charge < -0.3 is 14.7 Å². The van der Waals surface area contributed by atoms with E-state index in [1.165, 1.54) is 0 Å². The number of amides is 1. The molecule has 1 aromatic heterocycles. The molecule has 3 heterocycles. The molecule has 3 rings (SSSR count). The first-order valence-corrected chi connectivity index (χ1v) is 7.77. The average Bonchev–Trinajstić information content (AvgIpc) is 2.61. The van der Waals surface area contributed by atoms with Crippen LogP contribution in [-0.4, -0.2) is 82.0 Å². The molecule has 0 unspecified atom stereocenters. The van der Waals surface area contributed by atoms with E-state index < -0.39 is 5.97 Å². The van der Waals surface area contributed by atoms with Crippen LogP contribution in [0.15, 0.2) is 6.20 Å². The molecule has 23 heavy (non-hydrogen) atoms. The van der Waals surface area contributed by atoms with E-state index in [4.69, 9.17) is 9.84 Å². The van der Waals surface area contributed by atoms with Crippen LogP contribution in [0.1, 0.15) is 16.1 Å². The zero-order valence-electron chi connectivity index (χ0n) is 13.4. The molecular weight excluding hydrogens is 300 g/mol. The maximum atomic E-state index is 12.9. The smallest absolute Gasteiger partial charge is 0.317 e. The highest BCUT2D eigenvalue weighted by Crippen LogP contribution is 2.22. The maximum absolute atomic E-state index is 12.9. The first-order chi connectivity index (χ1) is 10.9. The molecule has 0 aromatic carbocycles. The van der Waals surface area contributed by atoms with Crippen molar-refractivity contribution in [3.63, 3.8) is 0 Å². The van der Waals surface area contributed by atoms with Crippen LogP contribution in [0.5, 0.6) is 0 Å². The molecule has 2 aliphatic rings. The number of aromatic nitrogens is 2. The number of carboxylic acids is 1. The van der Waals surface area contributed by atoms with Crippen LogP contribution in [0.3, 0.4) is 0 Å². The molecule has 0 spiro atoms. The van der Waals surface area contributed by atoms with E-state index in [-0.39, 0.29) is 24.4 Å². The summed E-state index contributed by atoms with van der Waals surface area (Å²) in [7, 11) is 1.79. The Morgan fingerprint density at radius 2 is 2.13 bits per heavy atom. The highest BCUT2D eigenvalue weighted by atomic mass is 16.5. The van der Waals surface area contributed by atoms with Crippen LogP contribution in [0, 0.1) is 12.8 Å². The van der Waals surface area contributed by atoms with E-state index >= 15 is 0 Å². The van der Waals surface area contributed by atoms with Gasteiger partial charge in [-0.05, 0) is 6.92 Å². The summed E-state index contributed by atoms with van der Waals surface area (Å²) in [5.41, 5.74) is 1.31. The third-order valence-corrected chi connectivity index (χ3v) is 4.41. The summed E-state index contributed by atoms with van der Waals surface area (Å²) in [5.74, 6) is -0.761. The minimum Gasteiger partial charge on any atom is -0.480 e. The van der Waals surface area contributed by atoms with Crippen LogP contribution in [-0.2, 0) is 16.6 Å². The van der Waals surface area contributed by atoms with Crippen LogP contribution in [0.2, 0.25) is 0 Å². The van der Waals surface area contributed by atoms with Crippen molar-refractivity contribution < 1.29 is 19.4 Å². The third-order valence-electron chi connectivity index (χ3n) is 4.41. The second-order valence-corrected chi connectivity index (χ2v) is 6.40. The van der Waals surface area contributed by atoms with Crippen molar-refractivity contribution >= 4 is 11.9 Å². The molecule has 2 atom stereocenters. The SMILES string of the molecule is Cc1nn(C)cc1C(=O)N1C[C@H]2COC[C@@H]1CN(CC(=O)O)C2. The number of carbonyl (C=O) groups excluding carboxylic acids is 1. The first-order valence-electron chi connectivity index (χ1n) is 7.77. The Morgan fingerprint density at radius 1 is 1.35 bits per heavy atom. The number of fused-ring (bicyclic) bond motifs is 3. The van der Waals surface area contributed by atoms with Gasteiger partial charge >= 0.3 is 5.97 Å². The lowest BCUT2D eigenvalue weighted by Gasteiger charge is -2.30. The van der Waals surface area contributed by atoms with Gasteiger partial charge in [-0.15, -0.1) is 0 Å². The fraction of sp³-hybridized carbons (Fsp3) is 0.667. The molecule has 2 bridgehead atoms. The van der Waals surface area contributed by atoms with E-state index in [1.807, 2.05) is 16.7 Å². The molecule has 0 radical (unpaired) electrons. The molecule has 2 saturated heterocycles. The van der Waals surface area contributed by atoms with E-state index in [9.17, 15) is 9.59 Å². The first kappa shape index (κ1) is 15.9. The van der Waals surface area contributed by atoms with Gasteiger partial charge in [0.1, 0.15) is 0 Å². The fourth-order valence-corrected chi connectivity index (χ4v) is 3.47. The monoisotopic (exact) mass is 322 g/mol. The van der Waals surface area contributed by atoms with Gasteiger partial charge in [0, 0.05) is 38.8 Å². The third kappa shape index (κ3) is 3.37. The standard InChI is InChI=1S/C15H22N4O4/c1-10-13(6-17(2)16-10)15(22)19-4-11-3-18(7-14(20)21)5-12(19)9-23-8-11/h6,11-12H,3-5,7-9H2,1-2H3,(H,20,21)/t11-,12-/m0/s1. The Kier molecular flexibility index (Phi) is 4.36. The van der Waals surface area contributed by atoms with Crippen molar-refractivity contribution in [2.75, 3.05) is 39.4 Å². The van der Waals surface area contributed by atoms with Crippen LogP contribution in [0.25, 0.3) is 0 Å². The highest BCUT2D eigenvalue weighted by molar-refractivity contribution is 5.95. The van der Waals surface area contributed by atoms with Gasteiger partial charge in [0.25, 0.3) is 5.91 Å². The predicted octanol–water partition coefficient (Wildman–Crippen LogP) is -0.414. The number of hydrogen-bond donors (Lipinski definition) is 1. The number of carbonyl (C=O) groups is 2. The van der Waals surface area contributed by atoms with Crippen LogP contribution >= 0.6 is 0 Å². The van der Waals surface area contributed by atoms with Gasteiger partial charge in [0.05, 0.1) is 37.1 Å². The molecule has 126 valence electrons. The van der Waals surface area contributed by atoms with Gasteiger partial charge in [-0.2, -0.15) is 5.10 Å². The lowest BCUT2D eigenvalue weighted by Crippen LogP contribution is -2.47. The van der Waals surface area contributed by atoms with Crippen molar-refractivity contribution in [2.45, 2.75) is 13.0 Å². The molecule has 0 saturated carbocycles. The molecular formula is C15H22N4O4. The Bertz CT molecular complexity index is 615. The minimum absolute atomic E-state index is 0.000943.